The van der Waals surface area contributed by atoms with Crippen LogP contribution in [0.25, 0.3) is 6.08 Å². The van der Waals surface area contributed by atoms with E-state index in [9.17, 15) is 9.18 Å². The highest BCUT2D eigenvalue weighted by molar-refractivity contribution is 6.02. The Labute approximate surface area is 152 Å². The van der Waals surface area contributed by atoms with Crippen LogP contribution in [0.4, 0.5) is 10.1 Å². The smallest absolute Gasteiger partial charge is 0.248 e. The Hall–Kier alpha value is -2.82. The number of fused-ring (bicyclic) bond motifs is 1. The van der Waals surface area contributed by atoms with Crippen molar-refractivity contribution < 1.29 is 18.7 Å². The monoisotopic (exact) mass is 355 g/mol. The van der Waals surface area contributed by atoms with Crippen molar-refractivity contribution in [1.82, 2.24) is 0 Å². The lowest BCUT2D eigenvalue weighted by Gasteiger charge is -2.10. The van der Waals surface area contributed by atoms with E-state index in [1.54, 1.807) is 19.1 Å². The van der Waals surface area contributed by atoms with Crippen LogP contribution in [0, 0.1) is 12.7 Å². The van der Waals surface area contributed by atoms with Gasteiger partial charge in [0.1, 0.15) is 23.4 Å². The van der Waals surface area contributed by atoms with Crippen molar-refractivity contribution in [3.8, 4) is 11.5 Å². The highest BCUT2D eigenvalue weighted by Gasteiger charge is 2.21. The molecule has 1 N–H and O–H groups in total. The van der Waals surface area contributed by atoms with Gasteiger partial charge in [0.15, 0.2) is 0 Å². The molecule has 1 atom stereocenters. The van der Waals surface area contributed by atoms with E-state index in [1.165, 1.54) is 18.2 Å². The second-order valence-corrected chi connectivity index (χ2v) is 6.35. The van der Waals surface area contributed by atoms with Crippen LogP contribution in [0.15, 0.2) is 36.4 Å². The molecule has 3 rings (SSSR count). The maximum atomic E-state index is 13.2. The summed E-state index contributed by atoms with van der Waals surface area (Å²) in [6, 6.07) is 8.12. The first kappa shape index (κ1) is 18.0. The van der Waals surface area contributed by atoms with Gasteiger partial charge in [-0.3, -0.25) is 4.79 Å². The second kappa shape index (κ2) is 7.60. The van der Waals surface area contributed by atoms with Crippen molar-refractivity contribution in [3.05, 3.63) is 58.9 Å². The van der Waals surface area contributed by atoms with E-state index in [2.05, 4.69) is 5.32 Å². The summed E-state index contributed by atoms with van der Waals surface area (Å²) in [5, 5.41) is 2.75. The third-order valence-electron chi connectivity index (χ3n) is 4.19. The van der Waals surface area contributed by atoms with Gasteiger partial charge >= 0.3 is 0 Å². The van der Waals surface area contributed by atoms with Crippen molar-refractivity contribution in [1.29, 1.82) is 0 Å². The predicted molar refractivity (Wildman–Crippen MR) is 100 cm³/mol. The molecule has 0 unspecified atom stereocenters. The Morgan fingerprint density at radius 2 is 2.19 bits per heavy atom. The number of carbonyl (C=O) groups excluding carboxylic acids is 1. The summed E-state index contributed by atoms with van der Waals surface area (Å²) >= 11 is 0. The van der Waals surface area contributed by atoms with E-state index in [4.69, 9.17) is 9.47 Å². The number of nitrogens with one attached hydrogen (secondary N) is 1. The standard InChI is InChI=1S/C21H22FNO3/c1-4-25-19-12-16-10-14(3)26-20(16)11-15(19)5-8-21(24)23-18-7-6-17(22)9-13(18)2/h5-9,11-12,14H,4,10H2,1-3H3,(H,23,24)/b8-5+/t14-/m0/s1. The van der Waals surface area contributed by atoms with Gasteiger partial charge in [-0.15, -0.1) is 0 Å². The van der Waals surface area contributed by atoms with Gasteiger partial charge in [-0.05, 0) is 62.7 Å². The minimum absolute atomic E-state index is 0.142. The SMILES string of the molecule is CCOc1cc2c(cc1/C=C/C(=O)Nc1ccc(F)cc1C)O[C@@H](C)C2. The molecule has 26 heavy (non-hydrogen) atoms. The molecule has 2 aromatic rings. The third-order valence-corrected chi connectivity index (χ3v) is 4.19. The lowest BCUT2D eigenvalue weighted by molar-refractivity contribution is -0.111. The van der Waals surface area contributed by atoms with Crippen LogP contribution in [0.5, 0.6) is 11.5 Å². The Morgan fingerprint density at radius 1 is 1.38 bits per heavy atom. The summed E-state index contributed by atoms with van der Waals surface area (Å²) in [6.07, 6.45) is 4.13. The highest BCUT2D eigenvalue weighted by atomic mass is 19.1. The Balaban J connectivity index is 1.78. The zero-order chi connectivity index (χ0) is 18.7. The summed E-state index contributed by atoms with van der Waals surface area (Å²) in [6.45, 7) is 6.23. The number of rotatable bonds is 5. The van der Waals surface area contributed by atoms with E-state index in [-0.39, 0.29) is 17.8 Å². The van der Waals surface area contributed by atoms with E-state index in [0.29, 0.717) is 17.9 Å². The minimum atomic E-state index is -0.329. The quantitative estimate of drug-likeness (QED) is 0.803. The molecule has 2 aromatic carbocycles. The van der Waals surface area contributed by atoms with Crippen molar-refractivity contribution in [3.63, 3.8) is 0 Å². The molecular weight excluding hydrogens is 333 g/mol. The van der Waals surface area contributed by atoms with Crippen LogP contribution in [0.1, 0.15) is 30.5 Å². The van der Waals surface area contributed by atoms with Crippen molar-refractivity contribution in [2.24, 2.45) is 0 Å². The molecule has 0 bridgehead atoms. The van der Waals surface area contributed by atoms with Gasteiger partial charge in [0.2, 0.25) is 5.91 Å². The van der Waals surface area contributed by atoms with Gasteiger partial charge < -0.3 is 14.8 Å². The maximum absolute atomic E-state index is 13.2. The fraction of sp³-hybridized carbons (Fsp3) is 0.286. The summed E-state index contributed by atoms with van der Waals surface area (Å²) in [5.41, 5.74) is 3.15. The molecule has 0 fully saturated rings. The summed E-state index contributed by atoms with van der Waals surface area (Å²) < 4.78 is 24.6. The predicted octanol–water partition coefficient (Wildman–Crippen LogP) is 4.51. The molecule has 0 aliphatic carbocycles. The van der Waals surface area contributed by atoms with Crippen molar-refractivity contribution in [2.45, 2.75) is 33.3 Å². The number of benzene rings is 2. The van der Waals surface area contributed by atoms with Gasteiger partial charge in [0.05, 0.1) is 6.61 Å². The van der Waals surface area contributed by atoms with Gasteiger partial charge in [0.25, 0.3) is 0 Å². The zero-order valence-electron chi connectivity index (χ0n) is 15.1. The Morgan fingerprint density at radius 3 is 2.92 bits per heavy atom. The largest absolute Gasteiger partial charge is 0.493 e. The molecule has 0 saturated heterocycles. The number of halogens is 1. The number of aryl methyl sites for hydroxylation is 1. The topological polar surface area (TPSA) is 47.6 Å². The molecule has 1 amide bonds. The molecule has 0 saturated carbocycles. The molecule has 5 heteroatoms. The fourth-order valence-electron chi connectivity index (χ4n) is 2.97. The second-order valence-electron chi connectivity index (χ2n) is 6.35. The first-order valence-electron chi connectivity index (χ1n) is 8.68. The summed E-state index contributed by atoms with van der Waals surface area (Å²) in [4.78, 5) is 12.2. The van der Waals surface area contributed by atoms with Crippen LogP contribution in [-0.4, -0.2) is 18.6 Å². The van der Waals surface area contributed by atoms with E-state index >= 15 is 0 Å². The number of anilines is 1. The molecule has 136 valence electrons. The molecule has 4 nitrogen and oxygen atoms in total. The molecule has 1 aliphatic rings. The maximum Gasteiger partial charge on any atom is 0.248 e. The average molecular weight is 355 g/mol. The number of ether oxygens (including phenoxy) is 2. The highest BCUT2D eigenvalue weighted by Crippen LogP contribution is 2.35. The van der Waals surface area contributed by atoms with Crippen LogP contribution in [0.3, 0.4) is 0 Å². The van der Waals surface area contributed by atoms with Crippen LogP contribution >= 0.6 is 0 Å². The van der Waals surface area contributed by atoms with Crippen LogP contribution < -0.4 is 14.8 Å². The summed E-state index contributed by atoms with van der Waals surface area (Å²) in [7, 11) is 0. The van der Waals surface area contributed by atoms with Gasteiger partial charge in [0, 0.05) is 29.3 Å². The minimum Gasteiger partial charge on any atom is -0.493 e. The molecule has 1 heterocycles. The number of hydrogen-bond donors (Lipinski definition) is 1. The van der Waals surface area contributed by atoms with E-state index in [1.807, 2.05) is 26.0 Å². The van der Waals surface area contributed by atoms with Crippen LogP contribution in [0.2, 0.25) is 0 Å². The van der Waals surface area contributed by atoms with E-state index in [0.717, 1.165) is 29.0 Å². The third kappa shape index (κ3) is 4.04. The lowest BCUT2D eigenvalue weighted by Crippen LogP contribution is -2.09. The fourth-order valence-corrected chi connectivity index (χ4v) is 2.97. The summed E-state index contributed by atoms with van der Waals surface area (Å²) in [5.74, 6) is 0.933. The first-order valence-corrected chi connectivity index (χ1v) is 8.68. The van der Waals surface area contributed by atoms with Crippen LogP contribution in [-0.2, 0) is 11.2 Å². The van der Waals surface area contributed by atoms with Crippen molar-refractivity contribution >= 4 is 17.7 Å². The number of carbonyl (C=O) groups is 1. The Bertz CT molecular complexity index is 861. The Kier molecular flexibility index (Phi) is 5.26. The zero-order valence-corrected chi connectivity index (χ0v) is 15.1. The first-order chi connectivity index (χ1) is 12.5. The number of hydrogen-bond acceptors (Lipinski definition) is 3. The molecular formula is C21H22FNO3. The lowest BCUT2D eigenvalue weighted by atomic mass is 10.1. The van der Waals surface area contributed by atoms with Crippen molar-refractivity contribution in [2.75, 3.05) is 11.9 Å². The van der Waals surface area contributed by atoms with Gasteiger partial charge in [-0.2, -0.15) is 0 Å². The van der Waals surface area contributed by atoms with Gasteiger partial charge in [-0.1, -0.05) is 0 Å². The van der Waals surface area contributed by atoms with E-state index < -0.39 is 0 Å². The molecule has 0 spiro atoms. The number of amides is 1. The molecule has 0 radical (unpaired) electrons. The molecule has 0 aromatic heterocycles. The normalized spacial score (nSPS) is 15.6. The molecule has 1 aliphatic heterocycles. The average Bonchev–Trinajstić information content (AvgIpc) is 2.94. The van der Waals surface area contributed by atoms with Gasteiger partial charge in [-0.25, -0.2) is 4.39 Å².